The number of pyridine rings is 1. The van der Waals surface area contributed by atoms with E-state index in [1.54, 1.807) is 0 Å². The smallest absolute Gasteiger partial charge is 0.306 e. The Labute approximate surface area is 116 Å². The second kappa shape index (κ2) is 4.67. The lowest BCUT2D eigenvalue weighted by Crippen LogP contribution is -2.33. The Morgan fingerprint density at radius 1 is 1.14 bits per heavy atom. The van der Waals surface area contributed by atoms with Gasteiger partial charge in [-0.25, -0.2) is 9.36 Å². The molecule has 2 aromatic heterocycles. The third-order valence-electron chi connectivity index (χ3n) is 3.02. The maximum absolute atomic E-state index is 12.5. The molecule has 0 amide bonds. The van der Waals surface area contributed by atoms with Gasteiger partial charge in [0, 0.05) is 18.5 Å². The minimum absolute atomic E-state index is 0.129. The summed E-state index contributed by atoms with van der Waals surface area (Å²) in [5, 5.41) is 10.9. The van der Waals surface area contributed by atoms with Crippen LogP contribution < -0.4 is 11.2 Å². The zero-order valence-electron chi connectivity index (χ0n) is 10.5. The third-order valence-corrected chi connectivity index (χ3v) is 3.02. The zero-order chi connectivity index (χ0) is 15.0. The Morgan fingerprint density at radius 3 is 2.52 bits per heavy atom. The van der Waals surface area contributed by atoms with Crippen LogP contribution in [0, 0.1) is 10.1 Å². The van der Waals surface area contributed by atoms with Gasteiger partial charge in [0.15, 0.2) is 0 Å². The number of hydrogen-bond donors (Lipinski definition) is 1. The quantitative estimate of drug-likeness (QED) is 0.557. The fourth-order valence-electron chi connectivity index (χ4n) is 2.12. The summed E-state index contributed by atoms with van der Waals surface area (Å²) in [6.07, 6.45) is 2.84. The van der Waals surface area contributed by atoms with E-state index in [-0.39, 0.29) is 22.3 Å². The van der Waals surface area contributed by atoms with Crippen LogP contribution in [0.3, 0.4) is 0 Å². The highest BCUT2D eigenvalue weighted by molar-refractivity contribution is 5.87. The lowest BCUT2D eigenvalue weighted by Gasteiger charge is -2.06. The first-order valence-electron chi connectivity index (χ1n) is 5.92. The van der Waals surface area contributed by atoms with E-state index in [9.17, 15) is 19.7 Å². The van der Waals surface area contributed by atoms with Crippen LogP contribution in [-0.4, -0.2) is 19.5 Å². The maximum atomic E-state index is 12.5. The first-order valence-corrected chi connectivity index (χ1v) is 5.92. The Hall–Kier alpha value is -3.29. The number of benzene rings is 1. The van der Waals surface area contributed by atoms with Crippen LogP contribution in [0.15, 0.2) is 52.3 Å². The molecule has 0 aliphatic rings. The van der Waals surface area contributed by atoms with Crippen molar-refractivity contribution in [3.63, 3.8) is 0 Å². The lowest BCUT2D eigenvalue weighted by molar-refractivity contribution is -0.383. The Kier molecular flexibility index (Phi) is 2.83. The van der Waals surface area contributed by atoms with Crippen molar-refractivity contribution in [3.05, 3.63) is 73.7 Å². The van der Waals surface area contributed by atoms with Crippen molar-refractivity contribution in [2.75, 3.05) is 0 Å². The van der Waals surface area contributed by atoms with E-state index in [1.165, 1.54) is 42.7 Å². The topological polar surface area (TPSA) is 111 Å². The molecule has 0 aliphatic carbocycles. The predicted octanol–water partition coefficient (Wildman–Crippen LogP) is 0.982. The zero-order valence-corrected chi connectivity index (χ0v) is 10.5. The minimum atomic E-state index is -0.743. The predicted molar refractivity (Wildman–Crippen MR) is 74.6 cm³/mol. The van der Waals surface area contributed by atoms with E-state index in [0.29, 0.717) is 0 Å². The molecule has 104 valence electrons. The van der Waals surface area contributed by atoms with Gasteiger partial charge in [-0.2, -0.15) is 0 Å². The number of nitro benzene ring substituents is 1. The highest BCUT2D eigenvalue weighted by atomic mass is 16.6. The molecular formula is C13H8N4O4. The molecule has 3 aromatic rings. The van der Waals surface area contributed by atoms with E-state index in [1.807, 2.05) is 0 Å². The Balaban J connectivity index is 2.49. The van der Waals surface area contributed by atoms with Gasteiger partial charge in [0.05, 0.1) is 16.1 Å². The summed E-state index contributed by atoms with van der Waals surface area (Å²) >= 11 is 0. The summed E-state index contributed by atoms with van der Waals surface area (Å²) in [6.45, 7) is 0. The monoisotopic (exact) mass is 284 g/mol. The van der Waals surface area contributed by atoms with Crippen LogP contribution in [0.25, 0.3) is 16.6 Å². The molecule has 0 atom stereocenters. The van der Waals surface area contributed by atoms with Crippen molar-refractivity contribution in [1.82, 2.24) is 14.5 Å². The van der Waals surface area contributed by atoms with Crippen LogP contribution in [0.2, 0.25) is 0 Å². The van der Waals surface area contributed by atoms with Crippen molar-refractivity contribution >= 4 is 16.6 Å². The summed E-state index contributed by atoms with van der Waals surface area (Å²) in [4.78, 5) is 41.2. The van der Waals surface area contributed by atoms with E-state index >= 15 is 0 Å². The van der Waals surface area contributed by atoms with Gasteiger partial charge in [-0.15, -0.1) is 0 Å². The maximum Gasteiger partial charge on any atom is 0.333 e. The number of aromatic nitrogens is 3. The van der Waals surface area contributed by atoms with Crippen molar-refractivity contribution in [2.45, 2.75) is 0 Å². The summed E-state index contributed by atoms with van der Waals surface area (Å²) < 4.78 is 0.844. The molecule has 8 heteroatoms. The van der Waals surface area contributed by atoms with Crippen LogP contribution in [0.5, 0.6) is 0 Å². The van der Waals surface area contributed by atoms with Crippen molar-refractivity contribution in [1.29, 1.82) is 0 Å². The van der Waals surface area contributed by atoms with Crippen molar-refractivity contribution in [3.8, 4) is 5.69 Å². The van der Waals surface area contributed by atoms with E-state index in [2.05, 4.69) is 9.97 Å². The van der Waals surface area contributed by atoms with Crippen LogP contribution >= 0.6 is 0 Å². The number of aromatic amines is 1. The molecular weight excluding hydrogens is 276 g/mol. The lowest BCUT2D eigenvalue weighted by atomic mass is 10.2. The molecule has 3 rings (SSSR count). The number of rotatable bonds is 2. The van der Waals surface area contributed by atoms with Gasteiger partial charge in [-0.05, 0) is 18.2 Å². The van der Waals surface area contributed by atoms with Crippen LogP contribution in [-0.2, 0) is 0 Å². The van der Waals surface area contributed by atoms with Gasteiger partial charge >= 0.3 is 5.69 Å². The summed E-state index contributed by atoms with van der Waals surface area (Å²) in [7, 11) is 0. The molecule has 0 fully saturated rings. The normalized spacial score (nSPS) is 10.7. The molecule has 0 bridgehead atoms. The second-order valence-electron chi connectivity index (χ2n) is 4.23. The van der Waals surface area contributed by atoms with Crippen molar-refractivity contribution < 1.29 is 4.92 Å². The highest BCUT2D eigenvalue weighted by Gasteiger charge is 2.18. The minimum Gasteiger partial charge on any atom is -0.306 e. The molecule has 0 saturated carbocycles. The van der Waals surface area contributed by atoms with Gasteiger partial charge in [-0.1, -0.05) is 6.07 Å². The molecule has 1 N–H and O–H groups in total. The number of H-pyrrole nitrogens is 1. The number of nitro groups is 1. The Morgan fingerprint density at radius 2 is 1.86 bits per heavy atom. The Bertz CT molecular complexity index is 959. The first-order chi connectivity index (χ1) is 10.1. The van der Waals surface area contributed by atoms with Gasteiger partial charge in [0.2, 0.25) is 0 Å². The summed E-state index contributed by atoms with van der Waals surface area (Å²) in [6, 6.07) is 7.02. The summed E-state index contributed by atoms with van der Waals surface area (Å²) in [5.41, 5.74) is -1.34. The first kappa shape index (κ1) is 12.7. The molecule has 0 aliphatic heterocycles. The van der Waals surface area contributed by atoms with Crippen molar-refractivity contribution in [2.24, 2.45) is 0 Å². The van der Waals surface area contributed by atoms with Gasteiger partial charge < -0.3 is 4.98 Å². The molecule has 0 saturated heterocycles. The number of nitrogens with one attached hydrogen (secondary N) is 1. The van der Waals surface area contributed by atoms with E-state index < -0.39 is 16.2 Å². The van der Waals surface area contributed by atoms with Crippen LogP contribution in [0.1, 0.15) is 0 Å². The standard InChI is InChI=1S/C13H8N4O4/c18-12-11-9(2-1-3-10(11)17(20)21)15-13(19)16(12)8-4-6-14-7-5-8/h1-7H,(H,15,19). The molecule has 0 unspecified atom stereocenters. The number of nitrogens with zero attached hydrogens (tertiary/aromatic N) is 3. The number of hydrogen-bond acceptors (Lipinski definition) is 5. The molecule has 0 spiro atoms. The molecule has 1 aromatic carbocycles. The largest absolute Gasteiger partial charge is 0.333 e. The molecule has 21 heavy (non-hydrogen) atoms. The average molecular weight is 284 g/mol. The fourth-order valence-corrected chi connectivity index (χ4v) is 2.12. The van der Waals surface area contributed by atoms with Gasteiger partial charge in [0.25, 0.3) is 11.2 Å². The van der Waals surface area contributed by atoms with Gasteiger partial charge in [0.1, 0.15) is 5.39 Å². The average Bonchev–Trinajstić information content (AvgIpc) is 2.47. The SMILES string of the molecule is O=c1[nH]c2cccc([N+](=O)[O-])c2c(=O)n1-c1ccncc1. The third kappa shape index (κ3) is 1.98. The highest BCUT2D eigenvalue weighted by Crippen LogP contribution is 2.19. The van der Waals surface area contributed by atoms with Gasteiger partial charge in [-0.3, -0.25) is 19.9 Å². The molecule has 8 nitrogen and oxygen atoms in total. The number of fused-ring (bicyclic) bond motifs is 1. The molecule has 2 heterocycles. The fraction of sp³-hybridized carbons (Fsp3) is 0. The van der Waals surface area contributed by atoms with E-state index in [4.69, 9.17) is 0 Å². The summed E-state index contributed by atoms with van der Waals surface area (Å²) in [5.74, 6) is 0. The molecule has 0 radical (unpaired) electrons. The van der Waals surface area contributed by atoms with E-state index in [0.717, 1.165) is 4.57 Å². The second-order valence-corrected chi connectivity index (χ2v) is 4.23. The van der Waals surface area contributed by atoms with Crippen LogP contribution in [0.4, 0.5) is 5.69 Å². The number of non-ortho nitro benzene ring substituents is 1.